The van der Waals surface area contributed by atoms with Crippen molar-refractivity contribution < 1.29 is 13.5 Å². The monoisotopic (exact) mass is 362 g/mol. The molecule has 0 aliphatic rings. The Morgan fingerprint density at radius 3 is 2.68 bits per heavy atom. The molecule has 2 aromatic carbocycles. The van der Waals surface area contributed by atoms with Crippen LogP contribution in [0.25, 0.3) is 22.3 Å². The van der Waals surface area contributed by atoms with Crippen molar-refractivity contribution >= 4 is 26.9 Å². The molecule has 3 nitrogen and oxygen atoms in total. The molecule has 0 unspecified atom stereocenters. The molecule has 0 amide bonds. The summed E-state index contributed by atoms with van der Waals surface area (Å²) in [6, 6.07) is 9.75. The molecule has 0 N–H and O–H groups in total. The van der Waals surface area contributed by atoms with E-state index in [1.165, 1.54) is 19.2 Å². The van der Waals surface area contributed by atoms with Gasteiger partial charge in [0.15, 0.2) is 17.0 Å². The summed E-state index contributed by atoms with van der Waals surface area (Å²) < 4.78 is 25.3. The Labute approximate surface area is 134 Å². The van der Waals surface area contributed by atoms with Crippen LogP contribution in [-0.4, -0.2) is 7.11 Å². The summed E-state index contributed by atoms with van der Waals surface area (Å²) in [5, 5.41) is 0.484. The minimum Gasteiger partial charge on any atom is -0.494 e. The van der Waals surface area contributed by atoms with Crippen LogP contribution in [0.1, 0.15) is 5.56 Å². The van der Waals surface area contributed by atoms with Gasteiger partial charge in [-0.2, -0.15) is 0 Å². The van der Waals surface area contributed by atoms with E-state index in [9.17, 15) is 9.18 Å². The standard InChI is InChI=1S/C17H12BrFO3/c1-9-16(20)15-11(18)4-3-5-14(15)22-17(9)10-6-7-13(21-2)12(19)8-10/h3-8H,1-2H3. The fourth-order valence-electron chi connectivity index (χ4n) is 2.37. The second-order valence-electron chi connectivity index (χ2n) is 4.85. The summed E-state index contributed by atoms with van der Waals surface area (Å²) in [4.78, 5) is 12.5. The highest BCUT2D eigenvalue weighted by molar-refractivity contribution is 9.10. The lowest BCUT2D eigenvalue weighted by molar-refractivity contribution is 0.386. The van der Waals surface area contributed by atoms with Gasteiger partial charge in [0.05, 0.1) is 12.5 Å². The average molecular weight is 363 g/mol. The van der Waals surface area contributed by atoms with Gasteiger partial charge < -0.3 is 9.15 Å². The number of ether oxygens (including phenoxy) is 1. The van der Waals surface area contributed by atoms with Crippen molar-refractivity contribution in [2.24, 2.45) is 0 Å². The molecule has 1 aromatic heterocycles. The zero-order chi connectivity index (χ0) is 15.9. The lowest BCUT2D eigenvalue weighted by atomic mass is 10.1. The lowest BCUT2D eigenvalue weighted by Gasteiger charge is -2.09. The molecule has 0 spiro atoms. The highest BCUT2D eigenvalue weighted by Gasteiger charge is 2.15. The molecule has 0 fully saturated rings. The Balaban J connectivity index is 2.30. The van der Waals surface area contributed by atoms with Crippen molar-refractivity contribution in [3.63, 3.8) is 0 Å². The first-order valence-electron chi connectivity index (χ1n) is 6.58. The normalized spacial score (nSPS) is 10.9. The summed E-state index contributed by atoms with van der Waals surface area (Å²) in [6.07, 6.45) is 0. The van der Waals surface area contributed by atoms with E-state index in [-0.39, 0.29) is 11.2 Å². The molecule has 3 aromatic rings. The van der Waals surface area contributed by atoms with Crippen LogP contribution < -0.4 is 10.2 Å². The van der Waals surface area contributed by atoms with E-state index in [1.807, 2.05) is 0 Å². The third-order valence-electron chi connectivity index (χ3n) is 3.51. The molecular weight excluding hydrogens is 351 g/mol. The van der Waals surface area contributed by atoms with Crippen molar-refractivity contribution in [3.8, 4) is 17.1 Å². The zero-order valence-electron chi connectivity index (χ0n) is 11.9. The minimum absolute atomic E-state index is 0.139. The van der Waals surface area contributed by atoms with Crippen LogP contribution in [0.4, 0.5) is 4.39 Å². The van der Waals surface area contributed by atoms with Crippen molar-refractivity contribution in [1.82, 2.24) is 0 Å². The number of hydrogen-bond donors (Lipinski definition) is 0. The molecule has 0 atom stereocenters. The summed E-state index contributed by atoms with van der Waals surface area (Å²) >= 11 is 3.36. The molecule has 0 bridgehead atoms. The van der Waals surface area contributed by atoms with Gasteiger partial charge in [0, 0.05) is 15.6 Å². The van der Waals surface area contributed by atoms with Gasteiger partial charge in [-0.25, -0.2) is 4.39 Å². The van der Waals surface area contributed by atoms with Crippen LogP contribution in [-0.2, 0) is 0 Å². The van der Waals surface area contributed by atoms with Crippen LogP contribution in [0.2, 0.25) is 0 Å². The van der Waals surface area contributed by atoms with Gasteiger partial charge in [0.1, 0.15) is 11.3 Å². The van der Waals surface area contributed by atoms with Gasteiger partial charge in [0.25, 0.3) is 0 Å². The van der Waals surface area contributed by atoms with Crippen LogP contribution in [0.15, 0.2) is 50.1 Å². The maximum atomic E-state index is 13.9. The van der Waals surface area contributed by atoms with Gasteiger partial charge in [-0.15, -0.1) is 0 Å². The van der Waals surface area contributed by atoms with Gasteiger partial charge >= 0.3 is 0 Å². The minimum atomic E-state index is -0.503. The Morgan fingerprint density at radius 1 is 1.23 bits per heavy atom. The molecule has 0 radical (unpaired) electrons. The molecule has 22 heavy (non-hydrogen) atoms. The van der Waals surface area contributed by atoms with E-state index in [2.05, 4.69) is 15.9 Å². The molecular formula is C17H12BrFO3. The van der Waals surface area contributed by atoms with E-state index in [0.717, 1.165) is 0 Å². The largest absolute Gasteiger partial charge is 0.494 e. The van der Waals surface area contributed by atoms with Gasteiger partial charge in [-0.3, -0.25) is 4.79 Å². The highest BCUT2D eigenvalue weighted by atomic mass is 79.9. The Morgan fingerprint density at radius 2 is 2.00 bits per heavy atom. The number of benzene rings is 2. The number of hydrogen-bond acceptors (Lipinski definition) is 3. The second kappa shape index (κ2) is 5.57. The van der Waals surface area contributed by atoms with E-state index in [0.29, 0.717) is 32.3 Å². The van der Waals surface area contributed by atoms with Crippen molar-refractivity contribution in [3.05, 3.63) is 62.5 Å². The first-order chi connectivity index (χ1) is 10.5. The quantitative estimate of drug-likeness (QED) is 0.664. The summed E-state index contributed by atoms with van der Waals surface area (Å²) in [6.45, 7) is 1.67. The van der Waals surface area contributed by atoms with E-state index < -0.39 is 5.82 Å². The van der Waals surface area contributed by atoms with Crippen LogP contribution in [0.5, 0.6) is 5.75 Å². The summed E-state index contributed by atoms with van der Waals surface area (Å²) in [5.41, 5.74) is 1.25. The number of methoxy groups -OCH3 is 1. The smallest absolute Gasteiger partial charge is 0.197 e. The Bertz CT molecular complexity index is 931. The lowest BCUT2D eigenvalue weighted by Crippen LogP contribution is -2.08. The molecule has 5 heteroatoms. The predicted octanol–water partition coefficient (Wildman–Crippen LogP) is 4.68. The highest BCUT2D eigenvalue weighted by Crippen LogP contribution is 2.30. The second-order valence-corrected chi connectivity index (χ2v) is 5.70. The first-order valence-corrected chi connectivity index (χ1v) is 7.38. The van der Waals surface area contributed by atoms with Crippen LogP contribution in [0, 0.1) is 12.7 Å². The fourth-order valence-corrected chi connectivity index (χ4v) is 2.90. The third-order valence-corrected chi connectivity index (χ3v) is 4.17. The molecule has 0 aliphatic carbocycles. The van der Waals surface area contributed by atoms with Crippen molar-refractivity contribution in [1.29, 1.82) is 0 Å². The maximum absolute atomic E-state index is 13.9. The Kier molecular flexibility index (Phi) is 3.74. The predicted molar refractivity (Wildman–Crippen MR) is 86.9 cm³/mol. The number of fused-ring (bicyclic) bond motifs is 1. The molecule has 112 valence electrons. The zero-order valence-corrected chi connectivity index (χ0v) is 13.5. The van der Waals surface area contributed by atoms with Crippen LogP contribution in [0.3, 0.4) is 0 Å². The van der Waals surface area contributed by atoms with Crippen molar-refractivity contribution in [2.75, 3.05) is 7.11 Å². The van der Waals surface area contributed by atoms with E-state index >= 15 is 0 Å². The van der Waals surface area contributed by atoms with E-state index in [4.69, 9.17) is 9.15 Å². The number of rotatable bonds is 2. The fraction of sp³-hybridized carbons (Fsp3) is 0.118. The van der Waals surface area contributed by atoms with Crippen molar-refractivity contribution in [2.45, 2.75) is 6.92 Å². The maximum Gasteiger partial charge on any atom is 0.197 e. The SMILES string of the molecule is COc1ccc(-c2oc3cccc(Br)c3c(=O)c2C)cc1F. The molecule has 1 heterocycles. The van der Waals surface area contributed by atoms with E-state index in [1.54, 1.807) is 31.2 Å². The number of halogens is 2. The van der Waals surface area contributed by atoms with Gasteiger partial charge in [0.2, 0.25) is 0 Å². The third kappa shape index (κ3) is 2.31. The average Bonchev–Trinajstić information content (AvgIpc) is 2.50. The van der Waals surface area contributed by atoms with Crippen LogP contribution >= 0.6 is 15.9 Å². The molecule has 0 aliphatic heterocycles. The molecule has 0 saturated heterocycles. The molecule has 0 saturated carbocycles. The van der Waals surface area contributed by atoms with Gasteiger partial charge in [-0.05, 0) is 53.2 Å². The molecule has 3 rings (SSSR count). The first kappa shape index (κ1) is 14.8. The topological polar surface area (TPSA) is 39.4 Å². The van der Waals surface area contributed by atoms with Gasteiger partial charge in [-0.1, -0.05) is 6.07 Å². The summed E-state index contributed by atoms with van der Waals surface area (Å²) in [5.74, 6) is 0.000764. The Hall–Kier alpha value is -2.14. The summed E-state index contributed by atoms with van der Waals surface area (Å²) in [7, 11) is 1.40.